The highest BCUT2D eigenvalue weighted by atomic mass is 32.2. The minimum absolute atomic E-state index is 0.239. The Morgan fingerprint density at radius 1 is 1.24 bits per heavy atom. The maximum Gasteiger partial charge on any atom is 0.0667 e. The lowest BCUT2D eigenvalue weighted by Crippen LogP contribution is -2.34. The van der Waals surface area contributed by atoms with E-state index in [0.717, 1.165) is 18.1 Å². The normalized spacial score (nSPS) is 26.3. The van der Waals surface area contributed by atoms with Crippen molar-refractivity contribution in [3.8, 4) is 6.07 Å². The van der Waals surface area contributed by atoms with Crippen LogP contribution in [0, 0.1) is 28.6 Å². The number of nitriles is 1. The average Bonchev–Trinajstić information content (AvgIpc) is 2.53. The lowest BCUT2D eigenvalue weighted by molar-refractivity contribution is 0.144. The van der Waals surface area contributed by atoms with Gasteiger partial charge in [0.1, 0.15) is 0 Å². The Morgan fingerprint density at radius 3 is 2.57 bits per heavy atom. The zero-order chi connectivity index (χ0) is 15.3. The molecule has 21 heavy (non-hydrogen) atoms. The molecule has 0 spiro atoms. The number of nitrogens with zero attached hydrogens (tertiary/aromatic N) is 1. The van der Waals surface area contributed by atoms with Crippen molar-refractivity contribution < 1.29 is 0 Å². The molecule has 1 aliphatic carbocycles. The zero-order valence-electron chi connectivity index (χ0n) is 13.5. The van der Waals surface area contributed by atoms with Crippen LogP contribution in [0.15, 0.2) is 30.3 Å². The number of rotatable bonds is 5. The Hall–Kier alpha value is -0.940. The van der Waals surface area contributed by atoms with Gasteiger partial charge >= 0.3 is 0 Å². The van der Waals surface area contributed by atoms with Crippen molar-refractivity contribution in [1.29, 1.82) is 5.26 Å². The third-order valence-electron chi connectivity index (χ3n) is 5.28. The molecule has 0 bridgehead atoms. The molecule has 0 saturated heterocycles. The van der Waals surface area contributed by atoms with Gasteiger partial charge in [-0.1, -0.05) is 57.5 Å². The van der Waals surface area contributed by atoms with E-state index in [1.165, 1.54) is 24.8 Å². The van der Waals surface area contributed by atoms with E-state index in [9.17, 15) is 5.26 Å². The molecule has 1 aromatic carbocycles. The van der Waals surface area contributed by atoms with E-state index in [4.69, 9.17) is 0 Å². The summed E-state index contributed by atoms with van der Waals surface area (Å²) in [6, 6.07) is 13.2. The largest absolute Gasteiger partial charge is 0.198 e. The van der Waals surface area contributed by atoms with E-state index in [-0.39, 0.29) is 5.92 Å². The fourth-order valence-electron chi connectivity index (χ4n) is 3.24. The van der Waals surface area contributed by atoms with Crippen molar-refractivity contribution in [2.24, 2.45) is 17.3 Å². The Bertz CT molecular complexity index is 474. The summed E-state index contributed by atoms with van der Waals surface area (Å²) in [4.78, 5) is 0. The van der Waals surface area contributed by atoms with Crippen LogP contribution < -0.4 is 0 Å². The summed E-state index contributed by atoms with van der Waals surface area (Å²) < 4.78 is 0. The summed E-state index contributed by atoms with van der Waals surface area (Å²) in [6.07, 6.45) is 4.74. The highest BCUT2D eigenvalue weighted by molar-refractivity contribution is 7.99. The Balaban J connectivity index is 1.99. The summed E-state index contributed by atoms with van der Waals surface area (Å²) in [6.45, 7) is 7.08. The first-order valence-electron chi connectivity index (χ1n) is 8.12. The van der Waals surface area contributed by atoms with Crippen molar-refractivity contribution in [3.63, 3.8) is 0 Å². The average molecular weight is 301 g/mol. The van der Waals surface area contributed by atoms with Gasteiger partial charge in [0.2, 0.25) is 0 Å². The van der Waals surface area contributed by atoms with Gasteiger partial charge in [-0.05, 0) is 36.2 Å². The Morgan fingerprint density at radius 2 is 1.95 bits per heavy atom. The van der Waals surface area contributed by atoms with Gasteiger partial charge in [0.05, 0.1) is 12.0 Å². The maximum absolute atomic E-state index is 9.44. The summed E-state index contributed by atoms with van der Waals surface area (Å²) in [5.74, 6) is 2.03. The summed E-state index contributed by atoms with van der Waals surface area (Å²) in [5, 5.41) is 9.94. The number of hydrogen-bond donors (Lipinski definition) is 0. The van der Waals surface area contributed by atoms with Crippen LogP contribution >= 0.6 is 11.8 Å². The van der Waals surface area contributed by atoms with Gasteiger partial charge in [-0.3, -0.25) is 0 Å². The highest BCUT2D eigenvalue weighted by Gasteiger charge is 2.37. The van der Waals surface area contributed by atoms with Crippen molar-refractivity contribution in [2.45, 2.75) is 57.5 Å². The molecular weight excluding hydrogens is 274 g/mol. The zero-order valence-corrected chi connectivity index (χ0v) is 14.3. The molecule has 1 fully saturated rings. The third-order valence-corrected chi connectivity index (χ3v) is 6.73. The van der Waals surface area contributed by atoms with Crippen LogP contribution in [0.4, 0.5) is 0 Å². The lowest BCUT2D eigenvalue weighted by atomic mass is 9.67. The molecule has 3 unspecified atom stereocenters. The predicted molar refractivity (Wildman–Crippen MR) is 92.0 cm³/mol. The second-order valence-corrected chi connectivity index (χ2v) is 8.15. The highest BCUT2D eigenvalue weighted by Crippen LogP contribution is 2.45. The molecule has 3 atom stereocenters. The van der Waals surface area contributed by atoms with Crippen molar-refractivity contribution >= 4 is 11.8 Å². The van der Waals surface area contributed by atoms with E-state index in [1.54, 1.807) is 0 Å². The molecule has 2 rings (SSSR count). The van der Waals surface area contributed by atoms with E-state index in [0.29, 0.717) is 10.7 Å². The Kier molecular flexibility index (Phi) is 5.76. The summed E-state index contributed by atoms with van der Waals surface area (Å²) >= 11 is 1.99. The molecule has 0 aromatic heterocycles. The molecule has 0 radical (unpaired) electrons. The van der Waals surface area contributed by atoms with Crippen molar-refractivity contribution in [1.82, 2.24) is 0 Å². The molecule has 2 heteroatoms. The molecule has 0 N–H and O–H groups in total. The van der Waals surface area contributed by atoms with E-state index in [1.807, 2.05) is 11.8 Å². The van der Waals surface area contributed by atoms with E-state index < -0.39 is 0 Å². The quantitative estimate of drug-likeness (QED) is 0.700. The van der Waals surface area contributed by atoms with Gasteiger partial charge in [-0.15, -0.1) is 0 Å². The number of benzene rings is 1. The topological polar surface area (TPSA) is 23.8 Å². The molecule has 1 nitrogen and oxygen atoms in total. The number of hydrogen-bond acceptors (Lipinski definition) is 2. The minimum Gasteiger partial charge on any atom is -0.198 e. The molecular formula is C19H27NS. The van der Waals surface area contributed by atoms with E-state index in [2.05, 4.69) is 57.2 Å². The van der Waals surface area contributed by atoms with Crippen LogP contribution in [-0.2, 0) is 5.75 Å². The van der Waals surface area contributed by atoms with Crippen LogP contribution in [0.3, 0.4) is 0 Å². The predicted octanol–water partition coefficient (Wildman–Crippen LogP) is 5.66. The van der Waals surface area contributed by atoms with Gasteiger partial charge in [0, 0.05) is 11.0 Å². The fourth-order valence-corrected chi connectivity index (χ4v) is 4.63. The number of thioether (sulfide) groups is 1. The van der Waals surface area contributed by atoms with Gasteiger partial charge in [-0.2, -0.15) is 17.0 Å². The van der Waals surface area contributed by atoms with E-state index >= 15 is 0 Å². The maximum atomic E-state index is 9.44. The summed E-state index contributed by atoms with van der Waals surface area (Å²) in [7, 11) is 0. The molecule has 0 heterocycles. The van der Waals surface area contributed by atoms with Gasteiger partial charge in [0.25, 0.3) is 0 Å². The molecule has 0 aliphatic heterocycles. The second kappa shape index (κ2) is 7.36. The smallest absolute Gasteiger partial charge is 0.0667 e. The molecule has 1 aliphatic rings. The first-order valence-corrected chi connectivity index (χ1v) is 9.17. The fraction of sp³-hybridized carbons (Fsp3) is 0.632. The van der Waals surface area contributed by atoms with Gasteiger partial charge in [-0.25, -0.2) is 0 Å². The van der Waals surface area contributed by atoms with Crippen LogP contribution in [0.5, 0.6) is 0 Å². The monoisotopic (exact) mass is 301 g/mol. The molecule has 114 valence electrons. The van der Waals surface area contributed by atoms with Crippen LogP contribution in [-0.4, -0.2) is 5.25 Å². The molecule has 0 amide bonds. The first kappa shape index (κ1) is 16.4. The standard InChI is InChI=1S/C19H27NS/c1-4-19(2,3)17-11-10-16(13-20)18(12-17)21-14-15-8-6-5-7-9-15/h5-9,16-18H,4,10-12,14H2,1-3H3. The van der Waals surface area contributed by atoms with Crippen molar-refractivity contribution in [3.05, 3.63) is 35.9 Å². The van der Waals surface area contributed by atoms with Crippen LogP contribution in [0.1, 0.15) is 52.0 Å². The molecule has 1 aromatic rings. The van der Waals surface area contributed by atoms with Crippen molar-refractivity contribution in [2.75, 3.05) is 0 Å². The minimum atomic E-state index is 0.239. The van der Waals surface area contributed by atoms with Crippen LogP contribution in [0.2, 0.25) is 0 Å². The first-order chi connectivity index (χ1) is 10.1. The van der Waals surface area contributed by atoms with Gasteiger partial charge < -0.3 is 0 Å². The second-order valence-electron chi connectivity index (χ2n) is 6.92. The lowest BCUT2D eigenvalue weighted by Gasteiger charge is -2.41. The third kappa shape index (κ3) is 4.27. The van der Waals surface area contributed by atoms with Crippen LogP contribution in [0.25, 0.3) is 0 Å². The molecule has 1 saturated carbocycles. The Labute approximate surface area is 134 Å². The SMILES string of the molecule is CCC(C)(C)C1CCC(C#N)C(SCc2ccccc2)C1. The van der Waals surface area contributed by atoms with Gasteiger partial charge in [0.15, 0.2) is 0 Å². The summed E-state index contributed by atoms with van der Waals surface area (Å²) in [5.41, 5.74) is 1.78.